The van der Waals surface area contributed by atoms with Gasteiger partial charge in [0.25, 0.3) is 0 Å². The normalized spacial score (nSPS) is 16.7. The molecule has 0 saturated heterocycles. The van der Waals surface area contributed by atoms with Gasteiger partial charge in [-0.2, -0.15) is 0 Å². The molecule has 2 heteroatoms. The van der Waals surface area contributed by atoms with Crippen LogP contribution < -0.4 is 4.74 Å². The maximum Gasteiger partial charge on any atom is 0.139 e. The number of Topliss-reactive ketones (excluding diaryl/α,β-unsaturated/α-hetero) is 1. The van der Waals surface area contributed by atoms with Gasteiger partial charge in [0, 0.05) is 12.3 Å². The van der Waals surface area contributed by atoms with Gasteiger partial charge in [-0.3, -0.25) is 4.79 Å². The van der Waals surface area contributed by atoms with Crippen molar-refractivity contribution in [3.8, 4) is 5.75 Å². The van der Waals surface area contributed by atoms with Gasteiger partial charge in [-0.25, -0.2) is 0 Å². The van der Waals surface area contributed by atoms with Crippen molar-refractivity contribution in [3.63, 3.8) is 0 Å². The number of rotatable bonds is 5. The number of hydrogen-bond acceptors (Lipinski definition) is 2. The Bertz CT molecular complexity index is 447. The third-order valence-corrected chi connectivity index (χ3v) is 4.40. The van der Waals surface area contributed by atoms with Crippen LogP contribution in [0.3, 0.4) is 0 Å². The summed E-state index contributed by atoms with van der Waals surface area (Å²) in [6.07, 6.45) is 6.43. The number of carbonyl (C=O) groups excluding carboxylic acids is 1. The first kappa shape index (κ1) is 16.1. The first-order valence-electron chi connectivity index (χ1n) is 8.23. The molecule has 116 valence electrons. The summed E-state index contributed by atoms with van der Waals surface area (Å²) in [4.78, 5) is 12.1. The second-order valence-electron chi connectivity index (χ2n) is 7.17. The SMILES string of the molecule is CC(C)(C)c1ccc(OCCC(=O)C2CCCCC2)cc1. The fourth-order valence-corrected chi connectivity index (χ4v) is 2.95. The molecule has 21 heavy (non-hydrogen) atoms. The molecule has 2 nitrogen and oxygen atoms in total. The monoisotopic (exact) mass is 288 g/mol. The zero-order valence-electron chi connectivity index (χ0n) is 13.7. The lowest BCUT2D eigenvalue weighted by Crippen LogP contribution is -2.19. The smallest absolute Gasteiger partial charge is 0.139 e. The molecule has 0 bridgehead atoms. The number of ether oxygens (including phenoxy) is 1. The van der Waals surface area contributed by atoms with Gasteiger partial charge in [-0.1, -0.05) is 52.2 Å². The van der Waals surface area contributed by atoms with Crippen molar-refractivity contribution in [2.75, 3.05) is 6.61 Å². The Morgan fingerprint density at radius 2 is 1.71 bits per heavy atom. The lowest BCUT2D eigenvalue weighted by Gasteiger charge is -2.20. The van der Waals surface area contributed by atoms with E-state index in [1.54, 1.807) is 0 Å². The van der Waals surface area contributed by atoms with Crippen LogP contribution in [-0.4, -0.2) is 12.4 Å². The molecule has 0 unspecified atom stereocenters. The molecule has 1 aliphatic carbocycles. The maximum absolute atomic E-state index is 12.1. The van der Waals surface area contributed by atoms with Crippen LogP contribution in [0.4, 0.5) is 0 Å². The maximum atomic E-state index is 12.1. The summed E-state index contributed by atoms with van der Waals surface area (Å²) in [5.74, 6) is 1.55. The fraction of sp³-hybridized carbons (Fsp3) is 0.632. The summed E-state index contributed by atoms with van der Waals surface area (Å²) >= 11 is 0. The van der Waals surface area contributed by atoms with Crippen molar-refractivity contribution in [3.05, 3.63) is 29.8 Å². The molecule has 0 heterocycles. The number of hydrogen-bond donors (Lipinski definition) is 0. The Kier molecular flexibility index (Phi) is 5.44. The average Bonchev–Trinajstić information content (AvgIpc) is 2.47. The van der Waals surface area contributed by atoms with Gasteiger partial charge in [-0.15, -0.1) is 0 Å². The molecule has 2 rings (SSSR count). The van der Waals surface area contributed by atoms with E-state index in [9.17, 15) is 4.79 Å². The Hall–Kier alpha value is -1.31. The van der Waals surface area contributed by atoms with Crippen molar-refractivity contribution in [2.24, 2.45) is 5.92 Å². The quantitative estimate of drug-likeness (QED) is 0.770. The lowest BCUT2D eigenvalue weighted by molar-refractivity contribution is -0.124. The van der Waals surface area contributed by atoms with Crippen LogP contribution in [0, 0.1) is 5.92 Å². The predicted molar refractivity (Wildman–Crippen MR) is 86.8 cm³/mol. The van der Waals surface area contributed by atoms with E-state index in [1.165, 1.54) is 24.8 Å². The molecule has 0 atom stereocenters. The van der Waals surface area contributed by atoms with Crippen molar-refractivity contribution in [1.82, 2.24) is 0 Å². The summed E-state index contributed by atoms with van der Waals surface area (Å²) in [6, 6.07) is 8.23. The highest BCUT2D eigenvalue weighted by atomic mass is 16.5. The van der Waals surface area contributed by atoms with E-state index in [2.05, 4.69) is 32.9 Å². The summed E-state index contributed by atoms with van der Waals surface area (Å²) in [5, 5.41) is 0. The molecular formula is C19H28O2. The zero-order chi connectivity index (χ0) is 15.3. The third kappa shape index (κ3) is 4.87. The van der Waals surface area contributed by atoms with Crippen molar-refractivity contribution in [1.29, 1.82) is 0 Å². The summed E-state index contributed by atoms with van der Waals surface area (Å²) in [5.41, 5.74) is 1.46. The minimum absolute atomic E-state index is 0.162. The van der Waals surface area contributed by atoms with E-state index in [0.29, 0.717) is 24.7 Å². The second kappa shape index (κ2) is 7.11. The van der Waals surface area contributed by atoms with Crippen LogP contribution in [0.15, 0.2) is 24.3 Å². The fourth-order valence-electron chi connectivity index (χ4n) is 2.95. The highest BCUT2D eigenvalue weighted by molar-refractivity contribution is 5.81. The molecular weight excluding hydrogens is 260 g/mol. The van der Waals surface area contributed by atoms with E-state index < -0.39 is 0 Å². The van der Waals surface area contributed by atoms with E-state index in [4.69, 9.17) is 4.74 Å². The molecule has 1 aromatic carbocycles. The van der Waals surface area contributed by atoms with Gasteiger partial charge in [0.05, 0.1) is 6.61 Å². The standard InChI is InChI=1S/C19H28O2/c1-19(2,3)16-9-11-17(12-10-16)21-14-13-18(20)15-7-5-4-6-8-15/h9-12,15H,4-8,13-14H2,1-3H3. The van der Waals surface area contributed by atoms with Gasteiger partial charge >= 0.3 is 0 Å². The van der Waals surface area contributed by atoms with E-state index >= 15 is 0 Å². The molecule has 0 aliphatic heterocycles. The van der Waals surface area contributed by atoms with Crippen LogP contribution in [-0.2, 0) is 10.2 Å². The van der Waals surface area contributed by atoms with Gasteiger partial charge in [0.1, 0.15) is 11.5 Å². The van der Waals surface area contributed by atoms with Crippen LogP contribution in [0.25, 0.3) is 0 Å². The van der Waals surface area contributed by atoms with E-state index in [0.717, 1.165) is 18.6 Å². The largest absolute Gasteiger partial charge is 0.493 e. The average molecular weight is 288 g/mol. The second-order valence-corrected chi connectivity index (χ2v) is 7.17. The Balaban J connectivity index is 1.76. The topological polar surface area (TPSA) is 26.3 Å². The third-order valence-electron chi connectivity index (χ3n) is 4.40. The summed E-state index contributed by atoms with van der Waals surface area (Å²) in [6.45, 7) is 7.10. The molecule has 0 spiro atoms. The highest BCUT2D eigenvalue weighted by Crippen LogP contribution is 2.26. The number of ketones is 1. The van der Waals surface area contributed by atoms with Crippen LogP contribution in [0.1, 0.15) is 64.9 Å². The number of benzene rings is 1. The van der Waals surface area contributed by atoms with Gasteiger partial charge in [0.2, 0.25) is 0 Å². The lowest BCUT2D eigenvalue weighted by atomic mass is 9.85. The van der Waals surface area contributed by atoms with E-state index in [1.807, 2.05) is 12.1 Å². The number of carbonyl (C=O) groups is 1. The van der Waals surface area contributed by atoms with Crippen LogP contribution in [0.5, 0.6) is 5.75 Å². The minimum atomic E-state index is 0.162. The molecule has 1 aromatic rings. The van der Waals surface area contributed by atoms with Gasteiger partial charge in [-0.05, 0) is 36.0 Å². The Morgan fingerprint density at radius 3 is 2.29 bits per heavy atom. The molecule has 1 aliphatic rings. The Labute approximate surface area is 128 Å². The van der Waals surface area contributed by atoms with E-state index in [-0.39, 0.29) is 5.41 Å². The Morgan fingerprint density at radius 1 is 1.10 bits per heavy atom. The van der Waals surface area contributed by atoms with Crippen molar-refractivity contribution >= 4 is 5.78 Å². The zero-order valence-corrected chi connectivity index (χ0v) is 13.7. The minimum Gasteiger partial charge on any atom is -0.493 e. The molecule has 0 amide bonds. The highest BCUT2D eigenvalue weighted by Gasteiger charge is 2.20. The molecule has 1 fully saturated rings. The molecule has 0 N–H and O–H groups in total. The molecule has 0 aromatic heterocycles. The first-order valence-corrected chi connectivity index (χ1v) is 8.23. The van der Waals surface area contributed by atoms with Gasteiger partial charge in [0.15, 0.2) is 0 Å². The van der Waals surface area contributed by atoms with Crippen molar-refractivity contribution < 1.29 is 9.53 Å². The van der Waals surface area contributed by atoms with Crippen molar-refractivity contribution in [2.45, 2.75) is 64.7 Å². The predicted octanol–water partition coefficient (Wildman–Crippen LogP) is 4.90. The molecule has 0 radical (unpaired) electrons. The first-order chi connectivity index (χ1) is 9.97. The molecule has 1 saturated carbocycles. The van der Waals surface area contributed by atoms with Crippen LogP contribution in [0.2, 0.25) is 0 Å². The van der Waals surface area contributed by atoms with Crippen LogP contribution >= 0.6 is 0 Å². The summed E-state index contributed by atoms with van der Waals surface area (Å²) in [7, 11) is 0. The summed E-state index contributed by atoms with van der Waals surface area (Å²) < 4.78 is 5.71. The van der Waals surface area contributed by atoms with Gasteiger partial charge < -0.3 is 4.74 Å².